The molecule has 0 saturated carbocycles. The first kappa shape index (κ1) is 23.3. The lowest BCUT2D eigenvalue weighted by Gasteiger charge is -2.29. The highest BCUT2D eigenvalue weighted by Crippen LogP contribution is 2.05. The van der Waals surface area contributed by atoms with Crippen LogP contribution in [0.2, 0.25) is 0 Å². The van der Waals surface area contributed by atoms with Gasteiger partial charge in [-0.2, -0.15) is 8.42 Å². The van der Waals surface area contributed by atoms with Crippen LogP contribution >= 0.6 is 0 Å². The molecule has 0 spiro atoms. The van der Waals surface area contributed by atoms with Crippen molar-refractivity contribution < 1.29 is 27.0 Å². The first-order valence-corrected chi connectivity index (χ1v) is 10.9. The molecule has 0 unspecified atom stereocenters. The SMILES string of the molecule is C[N+](C)(CCCCS(=O)(=O)O)CCCOC(=O)/C=C/CCc1ccccc1. The molecule has 152 valence electrons. The van der Waals surface area contributed by atoms with Gasteiger partial charge in [-0.3, -0.25) is 4.55 Å². The molecule has 0 fully saturated rings. The van der Waals surface area contributed by atoms with Crippen LogP contribution in [0.3, 0.4) is 0 Å². The van der Waals surface area contributed by atoms with Crippen LogP contribution in [0.15, 0.2) is 42.5 Å². The van der Waals surface area contributed by atoms with Crippen LogP contribution in [0.5, 0.6) is 0 Å². The predicted octanol–water partition coefficient (Wildman–Crippen LogP) is 2.85. The molecular weight excluding hydrogens is 366 g/mol. The molecule has 0 bridgehead atoms. The van der Waals surface area contributed by atoms with E-state index in [0.29, 0.717) is 13.0 Å². The fraction of sp³-hybridized carbons (Fsp3) is 0.550. The maximum atomic E-state index is 11.7. The zero-order valence-corrected chi connectivity index (χ0v) is 17.2. The molecule has 0 radical (unpaired) electrons. The largest absolute Gasteiger partial charge is 0.462 e. The summed E-state index contributed by atoms with van der Waals surface area (Å²) in [5.41, 5.74) is 1.24. The first-order valence-electron chi connectivity index (χ1n) is 9.32. The Bertz CT molecular complexity index is 684. The van der Waals surface area contributed by atoms with Crippen LogP contribution < -0.4 is 0 Å². The lowest BCUT2D eigenvalue weighted by Crippen LogP contribution is -2.41. The monoisotopic (exact) mass is 398 g/mol. The summed E-state index contributed by atoms with van der Waals surface area (Å²) >= 11 is 0. The molecule has 0 aliphatic rings. The Morgan fingerprint density at radius 1 is 1.11 bits per heavy atom. The molecule has 1 rings (SSSR count). The first-order chi connectivity index (χ1) is 12.7. The lowest BCUT2D eigenvalue weighted by molar-refractivity contribution is -0.890. The molecular formula is C20H32NO5S+. The van der Waals surface area contributed by atoms with E-state index < -0.39 is 10.1 Å². The maximum absolute atomic E-state index is 11.7. The van der Waals surface area contributed by atoms with E-state index in [9.17, 15) is 13.2 Å². The highest BCUT2D eigenvalue weighted by Gasteiger charge is 2.15. The van der Waals surface area contributed by atoms with Crippen molar-refractivity contribution in [1.29, 1.82) is 0 Å². The molecule has 0 amide bonds. The number of nitrogens with zero attached hydrogens (tertiary/aromatic N) is 1. The highest BCUT2D eigenvalue weighted by atomic mass is 32.2. The van der Waals surface area contributed by atoms with Gasteiger partial charge >= 0.3 is 5.97 Å². The van der Waals surface area contributed by atoms with Crippen LogP contribution in [0.25, 0.3) is 0 Å². The van der Waals surface area contributed by atoms with Crippen molar-refractivity contribution in [3.8, 4) is 0 Å². The molecule has 27 heavy (non-hydrogen) atoms. The molecule has 0 atom stereocenters. The second kappa shape index (κ2) is 11.9. The fourth-order valence-electron chi connectivity index (χ4n) is 2.72. The van der Waals surface area contributed by atoms with Crippen molar-refractivity contribution in [2.75, 3.05) is 39.5 Å². The molecule has 1 aromatic carbocycles. The Hall–Kier alpha value is -1.70. The Kier molecular flexibility index (Phi) is 10.3. The Balaban J connectivity index is 2.11. The topological polar surface area (TPSA) is 80.7 Å². The molecule has 0 aliphatic heterocycles. The van der Waals surface area contributed by atoms with Gasteiger partial charge in [-0.1, -0.05) is 36.4 Å². The van der Waals surface area contributed by atoms with Crippen molar-refractivity contribution >= 4 is 16.1 Å². The van der Waals surface area contributed by atoms with E-state index in [1.807, 2.05) is 24.3 Å². The second-order valence-corrected chi connectivity index (χ2v) is 8.90. The summed E-state index contributed by atoms with van der Waals surface area (Å²) in [6.07, 6.45) is 6.93. The van der Waals surface area contributed by atoms with Gasteiger partial charge in [0.2, 0.25) is 0 Å². The lowest BCUT2D eigenvalue weighted by atomic mass is 10.1. The van der Waals surface area contributed by atoms with Gasteiger partial charge in [0.1, 0.15) is 0 Å². The van der Waals surface area contributed by atoms with E-state index in [1.165, 1.54) is 11.6 Å². The normalized spacial score (nSPS) is 12.4. The van der Waals surface area contributed by atoms with Gasteiger partial charge < -0.3 is 9.22 Å². The quantitative estimate of drug-likeness (QED) is 0.182. The number of ether oxygens (including phenoxy) is 1. The Morgan fingerprint density at radius 2 is 1.78 bits per heavy atom. The summed E-state index contributed by atoms with van der Waals surface area (Å²) in [6.45, 7) is 2.01. The van der Waals surface area contributed by atoms with Gasteiger partial charge in [0, 0.05) is 12.5 Å². The molecule has 1 aromatic rings. The van der Waals surface area contributed by atoms with E-state index in [4.69, 9.17) is 9.29 Å². The maximum Gasteiger partial charge on any atom is 0.330 e. The van der Waals surface area contributed by atoms with Crippen molar-refractivity contribution in [2.45, 2.75) is 32.1 Å². The number of allylic oxidation sites excluding steroid dienone is 1. The summed E-state index contributed by atoms with van der Waals surface area (Å²) in [6, 6.07) is 10.1. The van der Waals surface area contributed by atoms with Crippen LogP contribution in [-0.2, 0) is 26.1 Å². The number of hydrogen-bond donors (Lipinski definition) is 1. The van der Waals surface area contributed by atoms with Gasteiger partial charge in [0.05, 0.1) is 39.5 Å². The number of quaternary nitrogens is 1. The second-order valence-electron chi connectivity index (χ2n) is 7.32. The number of unbranched alkanes of at least 4 members (excludes halogenated alkanes) is 1. The molecule has 1 N–H and O–H groups in total. The molecule has 0 aromatic heterocycles. The molecule has 0 saturated heterocycles. The summed E-state index contributed by atoms with van der Waals surface area (Å²) in [7, 11) is 0.240. The Morgan fingerprint density at radius 3 is 2.44 bits per heavy atom. The van der Waals surface area contributed by atoms with Gasteiger partial charge in [-0.05, 0) is 31.2 Å². The van der Waals surface area contributed by atoms with Crippen molar-refractivity contribution in [2.24, 2.45) is 0 Å². The smallest absolute Gasteiger partial charge is 0.330 e. The summed E-state index contributed by atoms with van der Waals surface area (Å²) in [5, 5.41) is 0. The number of carbonyl (C=O) groups is 1. The molecule has 6 nitrogen and oxygen atoms in total. The van der Waals surface area contributed by atoms with Gasteiger partial charge in [-0.15, -0.1) is 0 Å². The van der Waals surface area contributed by atoms with Crippen LogP contribution in [-0.4, -0.2) is 63.0 Å². The van der Waals surface area contributed by atoms with Crippen molar-refractivity contribution in [3.63, 3.8) is 0 Å². The predicted molar refractivity (Wildman–Crippen MR) is 107 cm³/mol. The summed E-state index contributed by atoms with van der Waals surface area (Å²) in [4.78, 5) is 11.7. The number of hydrogen-bond acceptors (Lipinski definition) is 4. The van der Waals surface area contributed by atoms with Gasteiger partial charge in [0.15, 0.2) is 0 Å². The summed E-state index contributed by atoms with van der Waals surface area (Å²) in [5.74, 6) is -0.511. The van der Waals surface area contributed by atoms with Crippen molar-refractivity contribution in [3.05, 3.63) is 48.0 Å². The molecule has 0 heterocycles. The minimum absolute atomic E-state index is 0.193. The van der Waals surface area contributed by atoms with Crippen LogP contribution in [0.1, 0.15) is 31.2 Å². The van der Waals surface area contributed by atoms with E-state index >= 15 is 0 Å². The average molecular weight is 399 g/mol. The number of benzene rings is 1. The number of carbonyl (C=O) groups excluding carboxylic acids is 1. The zero-order valence-electron chi connectivity index (χ0n) is 16.3. The average Bonchev–Trinajstić information content (AvgIpc) is 2.60. The molecule has 0 aliphatic carbocycles. The van der Waals surface area contributed by atoms with E-state index in [1.54, 1.807) is 0 Å². The third-order valence-corrected chi connectivity index (χ3v) is 5.07. The highest BCUT2D eigenvalue weighted by molar-refractivity contribution is 7.85. The zero-order chi connectivity index (χ0) is 20.2. The Labute approximate surface area is 163 Å². The summed E-state index contributed by atoms with van der Waals surface area (Å²) < 4.78 is 36.0. The van der Waals surface area contributed by atoms with E-state index in [-0.39, 0.29) is 11.7 Å². The van der Waals surface area contributed by atoms with E-state index in [2.05, 4.69) is 26.2 Å². The number of rotatable bonds is 13. The fourth-order valence-corrected chi connectivity index (χ4v) is 3.29. The number of esters is 1. The number of aryl methyl sites for hydroxylation is 1. The van der Waals surface area contributed by atoms with Crippen LogP contribution in [0.4, 0.5) is 0 Å². The molecule has 7 heteroatoms. The minimum atomic E-state index is -3.87. The van der Waals surface area contributed by atoms with Crippen molar-refractivity contribution in [1.82, 2.24) is 0 Å². The van der Waals surface area contributed by atoms with E-state index in [0.717, 1.165) is 43.3 Å². The van der Waals surface area contributed by atoms with Gasteiger partial charge in [0.25, 0.3) is 10.1 Å². The van der Waals surface area contributed by atoms with Crippen LogP contribution in [0, 0.1) is 0 Å². The standard InChI is InChI=1S/C20H31NO5S/c1-21(2,15-8-9-18-27(23,24)25)16-10-17-26-20(22)14-7-6-13-19-11-4-3-5-12-19/h3-5,7,11-12,14H,6,8-10,13,15-18H2,1-2H3/p+1/b14-7+. The third kappa shape index (κ3) is 13.2. The minimum Gasteiger partial charge on any atom is -0.462 e. The van der Waals surface area contributed by atoms with Gasteiger partial charge in [-0.25, -0.2) is 4.79 Å². The third-order valence-electron chi connectivity index (χ3n) is 4.26.